The van der Waals surface area contributed by atoms with Crippen LogP contribution in [0, 0.1) is 19.7 Å². The highest BCUT2D eigenvalue weighted by atomic mass is 19.1. The van der Waals surface area contributed by atoms with E-state index in [1.165, 1.54) is 12.1 Å². The van der Waals surface area contributed by atoms with E-state index in [-0.39, 0.29) is 5.82 Å². The highest BCUT2D eigenvalue weighted by molar-refractivity contribution is 5.68. The molecule has 0 fully saturated rings. The quantitative estimate of drug-likeness (QED) is 0.795. The number of nitrogens with two attached hydrogens (primary N) is 1. The number of aryl methyl sites for hydroxylation is 2. The molecule has 0 unspecified atom stereocenters. The minimum atomic E-state index is -0.251. The Hall–Kier alpha value is -1.90. The predicted molar refractivity (Wildman–Crippen MR) is 63.5 cm³/mol. The molecule has 2 aromatic rings. The molecule has 1 aromatic carbocycles. The van der Waals surface area contributed by atoms with E-state index in [2.05, 4.69) is 4.98 Å². The number of aromatic nitrogens is 1. The lowest BCUT2D eigenvalue weighted by molar-refractivity contribution is 0.628. The van der Waals surface area contributed by atoms with Gasteiger partial charge in [-0.05, 0) is 43.2 Å². The number of halogens is 1. The number of nitrogen functional groups attached to an aromatic ring is 1. The zero-order valence-corrected chi connectivity index (χ0v) is 9.29. The van der Waals surface area contributed by atoms with Crippen molar-refractivity contribution in [3.8, 4) is 11.3 Å². The summed E-state index contributed by atoms with van der Waals surface area (Å²) >= 11 is 0. The monoisotopic (exact) mass is 216 g/mol. The number of rotatable bonds is 1. The Morgan fingerprint density at radius 1 is 1.12 bits per heavy atom. The fraction of sp³-hybridized carbons (Fsp3) is 0.154. The molecule has 0 bridgehead atoms. The SMILES string of the molecule is Cc1ccc(F)cc1-c1ncc(N)cc1C. The topological polar surface area (TPSA) is 38.9 Å². The van der Waals surface area contributed by atoms with Gasteiger partial charge < -0.3 is 5.73 Å². The van der Waals surface area contributed by atoms with Gasteiger partial charge >= 0.3 is 0 Å². The van der Waals surface area contributed by atoms with Crippen LogP contribution in [0.3, 0.4) is 0 Å². The summed E-state index contributed by atoms with van der Waals surface area (Å²) in [5.74, 6) is -0.251. The van der Waals surface area contributed by atoms with Crippen LogP contribution < -0.4 is 5.73 Å². The second kappa shape index (κ2) is 3.93. The van der Waals surface area contributed by atoms with Gasteiger partial charge in [0.15, 0.2) is 0 Å². The molecule has 2 nitrogen and oxygen atoms in total. The van der Waals surface area contributed by atoms with Crippen LogP contribution in [0.1, 0.15) is 11.1 Å². The lowest BCUT2D eigenvalue weighted by Crippen LogP contribution is -1.94. The largest absolute Gasteiger partial charge is 0.397 e. The molecule has 1 heterocycles. The highest BCUT2D eigenvalue weighted by Gasteiger charge is 2.08. The van der Waals surface area contributed by atoms with Gasteiger partial charge in [0, 0.05) is 5.56 Å². The lowest BCUT2D eigenvalue weighted by Gasteiger charge is -2.08. The van der Waals surface area contributed by atoms with E-state index in [9.17, 15) is 4.39 Å². The summed E-state index contributed by atoms with van der Waals surface area (Å²) in [5, 5.41) is 0. The van der Waals surface area contributed by atoms with Gasteiger partial charge in [-0.1, -0.05) is 6.07 Å². The average molecular weight is 216 g/mol. The predicted octanol–water partition coefficient (Wildman–Crippen LogP) is 3.09. The molecule has 82 valence electrons. The maximum Gasteiger partial charge on any atom is 0.123 e. The molecular formula is C13H13FN2. The van der Waals surface area contributed by atoms with Crippen LogP contribution in [0.4, 0.5) is 10.1 Å². The van der Waals surface area contributed by atoms with Crippen molar-refractivity contribution >= 4 is 5.69 Å². The van der Waals surface area contributed by atoms with Gasteiger partial charge in [0.1, 0.15) is 5.82 Å². The van der Waals surface area contributed by atoms with Gasteiger partial charge in [-0.15, -0.1) is 0 Å². The molecule has 0 aliphatic heterocycles. The molecule has 0 atom stereocenters. The Bertz CT molecular complexity index is 535. The summed E-state index contributed by atoms with van der Waals surface area (Å²) in [6, 6.07) is 6.54. The third-order valence-corrected chi connectivity index (χ3v) is 2.55. The molecule has 0 saturated heterocycles. The number of hydrogen-bond donors (Lipinski definition) is 1. The maximum atomic E-state index is 13.2. The normalized spacial score (nSPS) is 10.4. The van der Waals surface area contributed by atoms with Crippen molar-refractivity contribution in [2.75, 3.05) is 5.73 Å². The van der Waals surface area contributed by atoms with Gasteiger partial charge in [-0.2, -0.15) is 0 Å². The second-order valence-electron chi connectivity index (χ2n) is 3.89. The van der Waals surface area contributed by atoms with Crippen LogP contribution in [0.2, 0.25) is 0 Å². The van der Waals surface area contributed by atoms with Crippen molar-refractivity contribution in [1.29, 1.82) is 0 Å². The molecule has 2 rings (SSSR count). The van der Waals surface area contributed by atoms with Gasteiger partial charge in [0.25, 0.3) is 0 Å². The van der Waals surface area contributed by atoms with Crippen LogP contribution in [-0.2, 0) is 0 Å². The second-order valence-corrected chi connectivity index (χ2v) is 3.89. The Balaban J connectivity index is 2.62. The van der Waals surface area contributed by atoms with Crippen molar-refractivity contribution in [2.45, 2.75) is 13.8 Å². The van der Waals surface area contributed by atoms with E-state index < -0.39 is 0 Å². The van der Waals surface area contributed by atoms with Crippen LogP contribution >= 0.6 is 0 Å². The van der Waals surface area contributed by atoms with E-state index in [1.807, 2.05) is 19.9 Å². The van der Waals surface area contributed by atoms with Gasteiger partial charge in [0.05, 0.1) is 17.6 Å². The summed E-state index contributed by atoms with van der Waals surface area (Å²) in [6.07, 6.45) is 1.59. The van der Waals surface area contributed by atoms with Gasteiger partial charge in [-0.25, -0.2) is 4.39 Å². The summed E-state index contributed by atoms with van der Waals surface area (Å²) in [7, 11) is 0. The van der Waals surface area contributed by atoms with Gasteiger partial charge in [-0.3, -0.25) is 4.98 Å². The Morgan fingerprint density at radius 2 is 1.88 bits per heavy atom. The standard InChI is InChI=1S/C13H13FN2/c1-8-3-4-10(14)6-12(8)13-9(2)5-11(15)7-16-13/h3-7H,15H2,1-2H3. The maximum absolute atomic E-state index is 13.2. The minimum Gasteiger partial charge on any atom is -0.397 e. The third kappa shape index (κ3) is 1.89. The summed E-state index contributed by atoms with van der Waals surface area (Å²) in [6.45, 7) is 3.86. The first-order valence-electron chi connectivity index (χ1n) is 5.06. The minimum absolute atomic E-state index is 0.251. The first kappa shape index (κ1) is 10.6. The van der Waals surface area contributed by atoms with E-state index >= 15 is 0 Å². The van der Waals surface area contributed by atoms with Crippen LogP contribution in [0.15, 0.2) is 30.5 Å². The lowest BCUT2D eigenvalue weighted by atomic mass is 10.0. The molecule has 0 spiro atoms. The molecule has 0 aliphatic rings. The summed E-state index contributed by atoms with van der Waals surface area (Å²) < 4.78 is 13.2. The molecule has 0 amide bonds. The first-order chi connectivity index (χ1) is 7.58. The molecule has 1 aromatic heterocycles. The van der Waals surface area contributed by atoms with Crippen molar-refractivity contribution < 1.29 is 4.39 Å². The molecule has 0 saturated carbocycles. The van der Waals surface area contributed by atoms with E-state index in [0.717, 1.165) is 22.4 Å². The van der Waals surface area contributed by atoms with E-state index in [4.69, 9.17) is 5.73 Å². The summed E-state index contributed by atoms with van der Waals surface area (Å²) in [5.41, 5.74) is 9.81. The Morgan fingerprint density at radius 3 is 2.56 bits per heavy atom. The summed E-state index contributed by atoms with van der Waals surface area (Å²) in [4.78, 5) is 4.26. The number of anilines is 1. The van der Waals surface area contributed by atoms with Crippen molar-refractivity contribution in [3.63, 3.8) is 0 Å². The Kier molecular flexibility index (Phi) is 2.60. The van der Waals surface area contributed by atoms with Crippen molar-refractivity contribution in [2.24, 2.45) is 0 Å². The first-order valence-corrected chi connectivity index (χ1v) is 5.06. The van der Waals surface area contributed by atoms with Crippen molar-refractivity contribution in [3.05, 3.63) is 47.4 Å². The van der Waals surface area contributed by atoms with E-state index in [0.29, 0.717) is 5.69 Å². The zero-order valence-electron chi connectivity index (χ0n) is 9.29. The number of pyridine rings is 1. The number of hydrogen-bond acceptors (Lipinski definition) is 2. The smallest absolute Gasteiger partial charge is 0.123 e. The van der Waals surface area contributed by atoms with Crippen LogP contribution in [0.5, 0.6) is 0 Å². The van der Waals surface area contributed by atoms with Crippen molar-refractivity contribution in [1.82, 2.24) is 4.98 Å². The molecule has 2 N–H and O–H groups in total. The fourth-order valence-corrected chi connectivity index (χ4v) is 1.73. The van der Waals surface area contributed by atoms with Crippen LogP contribution in [-0.4, -0.2) is 4.98 Å². The fourth-order valence-electron chi connectivity index (χ4n) is 1.73. The van der Waals surface area contributed by atoms with Crippen LogP contribution in [0.25, 0.3) is 11.3 Å². The number of benzene rings is 1. The molecule has 0 radical (unpaired) electrons. The molecular weight excluding hydrogens is 203 g/mol. The zero-order chi connectivity index (χ0) is 11.7. The van der Waals surface area contributed by atoms with Gasteiger partial charge in [0.2, 0.25) is 0 Å². The molecule has 3 heteroatoms. The Labute approximate surface area is 93.9 Å². The third-order valence-electron chi connectivity index (χ3n) is 2.55. The average Bonchev–Trinajstić information content (AvgIpc) is 2.22. The van der Waals surface area contributed by atoms with E-state index in [1.54, 1.807) is 12.3 Å². The molecule has 16 heavy (non-hydrogen) atoms. The molecule has 0 aliphatic carbocycles. The number of nitrogens with zero attached hydrogens (tertiary/aromatic N) is 1. The highest BCUT2D eigenvalue weighted by Crippen LogP contribution is 2.26.